The Bertz CT molecular complexity index is 326. The van der Waals surface area contributed by atoms with Crippen LogP contribution in [0.2, 0.25) is 0 Å². The number of hydrogen-bond acceptors (Lipinski definition) is 4. The zero-order valence-electron chi connectivity index (χ0n) is 9.76. The maximum atomic E-state index is 8.70. The molecule has 1 heterocycles. The van der Waals surface area contributed by atoms with Crippen molar-refractivity contribution in [3.63, 3.8) is 0 Å². The normalized spacial score (nSPS) is 23.6. The molecule has 1 aromatic heterocycles. The lowest BCUT2D eigenvalue weighted by atomic mass is 10.3. The van der Waals surface area contributed by atoms with Gasteiger partial charge in [-0.3, -0.25) is 4.68 Å². The number of nitrogens with one attached hydrogen (secondary N) is 1. The minimum absolute atomic E-state index is 0.202. The number of aliphatic hydroxyl groups excluding tert-OH is 1. The number of aryl methyl sites for hydroxylation is 1. The molecule has 0 aromatic carbocycles. The van der Waals surface area contributed by atoms with E-state index in [-0.39, 0.29) is 6.61 Å². The summed E-state index contributed by atoms with van der Waals surface area (Å²) in [5.74, 6) is 0.865. The van der Waals surface area contributed by atoms with E-state index in [1.54, 1.807) is 4.68 Å². The number of aromatic nitrogens is 3. The Morgan fingerprint density at radius 2 is 2.50 bits per heavy atom. The molecule has 0 bridgehead atoms. The molecule has 0 spiro atoms. The molecule has 1 fully saturated rings. The predicted octanol–water partition coefficient (Wildman–Crippen LogP) is 0.549. The van der Waals surface area contributed by atoms with Gasteiger partial charge in [-0.25, -0.2) is 0 Å². The Hall–Kier alpha value is -0.940. The number of hydrogen-bond donors (Lipinski definition) is 2. The van der Waals surface area contributed by atoms with Crippen molar-refractivity contribution in [3.8, 4) is 0 Å². The van der Waals surface area contributed by atoms with Crippen LogP contribution in [0.1, 0.15) is 31.9 Å². The highest BCUT2D eigenvalue weighted by Crippen LogP contribution is 2.33. The Kier molecular flexibility index (Phi) is 3.90. The van der Waals surface area contributed by atoms with E-state index in [0.29, 0.717) is 6.04 Å². The molecule has 2 atom stereocenters. The lowest BCUT2D eigenvalue weighted by Crippen LogP contribution is -2.17. The first kappa shape index (κ1) is 11.5. The molecule has 2 unspecified atom stereocenters. The number of rotatable bonds is 7. The second-order valence-corrected chi connectivity index (χ2v) is 4.44. The highest BCUT2D eigenvalue weighted by Gasteiger charge is 2.34. The maximum absolute atomic E-state index is 8.70. The maximum Gasteiger partial charge on any atom is 0.0964 e. The Morgan fingerprint density at radius 1 is 1.62 bits per heavy atom. The largest absolute Gasteiger partial charge is 0.396 e. The molecule has 1 aliphatic rings. The molecule has 1 aromatic rings. The molecular weight excluding hydrogens is 204 g/mol. The van der Waals surface area contributed by atoms with Gasteiger partial charge in [0.05, 0.1) is 5.69 Å². The summed E-state index contributed by atoms with van der Waals surface area (Å²) in [6.07, 6.45) is 5.25. The topological polar surface area (TPSA) is 63.0 Å². The van der Waals surface area contributed by atoms with Gasteiger partial charge in [-0.15, -0.1) is 5.10 Å². The third kappa shape index (κ3) is 3.02. The summed E-state index contributed by atoms with van der Waals surface area (Å²) in [6.45, 7) is 3.98. The second kappa shape index (κ2) is 5.41. The van der Waals surface area contributed by atoms with Crippen LogP contribution in [0.3, 0.4) is 0 Å². The third-order valence-electron chi connectivity index (χ3n) is 3.12. The van der Waals surface area contributed by atoms with Gasteiger partial charge in [0.25, 0.3) is 0 Å². The van der Waals surface area contributed by atoms with E-state index >= 15 is 0 Å². The van der Waals surface area contributed by atoms with Crippen LogP contribution in [0.15, 0.2) is 6.20 Å². The zero-order valence-corrected chi connectivity index (χ0v) is 9.76. The Labute approximate surface area is 95.8 Å². The quantitative estimate of drug-likeness (QED) is 0.710. The van der Waals surface area contributed by atoms with Crippen molar-refractivity contribution in [2.45, 2.75) is 45.3 Å². The van der Waals surface area contributed by atoms with Gasteiger partial charge in [0.2, 0.25) is 0 Å². The van der Waals surface area contributed by atoms with Gasteiger partial charge in [-0.1, -0.05) is 18.6 Å². The molecule has 0 amide bonds. The SMILES string of the molecule is CCC1CC1NCc1cn(CCCO)nn1. The zero-order chi connectivity index (χ0) is 11.4. The first-order valence-corrected chi connectivity index (χ1v) is 6.06. The fourth-order valence-electron chi connectivity index (χ4n) is 1.95. The van der Waals surface area contributed by atoms with Crippen molar-refractivity contribution in [2.75, 3.05) is 6.61 Å². The Balaban J connectivity index is 1.71. The van der Waals surface area contributed by atoms with E-state index in [0.717, 1.165) is 31.1 Å². The average Bonchev–Trinajstić information content (AvgIpc) is 2.93. The average molecular weight is 224 g/mol. The van der Waals surface area contributed by atoms with Crippen LogP contribution in [-0.4, -0.2) is 32.7 Å². The van der Waals surface area contributed by atoms with Gasteiger partial charge < -0.3 is 10.4 Å². The smallest absolute Gasteiger partial charge is 0.0964 e. The van der Waals surface area contributed by atoms with E-state index in [2.05, 4.69) is 22.6 Å². The van der Waals surface area contributed by atoms with Crippen LogP contribution in [0.4, 0.5) is 0 Å². The summed E-state index contributed by atoms with van der Waals surface area (Å²) in [7, 11) is 0. The van der Waals surface area contributed by atoms with Crippen molar-refractivity contribution >= 4 is 0 Å². The molecule has 16 heavy (non-hydrogen) atoms. The van der Waals surface area contributed by atoms with E-state index in [9.17, 15) is 0 Å². The van der Waals surface area contributed by atoms with Gasteiger partial charge in [-0.2, -0.15) is 0 Å². The van der Waals surface area contributed by atoms with Crippen molar-refractivity contribution in [2.24, 2.45) is 5.92 Å². The summed E-state index contributed by atoms with van der Waals surface area (Å²) < 4.78 is 1.79. The van der Waals surface area contributed by atoms with Gasteiger partial charge in [-0.05, 0) is 18.8 Å². The molecule has 5 heteroatoms. The summed E-state index contributed by atoms with van der Waals surface area (Å²) in [4.78, 5) is 0. The van der Waals surface area contributed by atoms with Crippen molar-refractivity contribution < 1.29 is 5.11 Å². The molecular formula is C11H20N4O. The lowest BCUT2D eigenvalue weighted by molar-refractivity contribution is 0.276. The summed E-state index contributed by atoms with van der Waals surface area (Å²) >= 11 is 0. The molecule has 0 radical (unpaired) electrons. The van der Waals surface area contributed by atoms with Gasteiger partial charge in [0.15, 0.2) is 0 Å². The van der Waals surface area contributed by atoms with E-state index in [1.165, 1.54) is 12.8 Å². The highest BCUT2D eigenvalue weighted by atomic mass is 16.3. The first-order chi connectivity index (χ1) is 7.83. The fourth-order valence-corrected chi connectivity index (χ4v) is 1.95. The molecule has 90 valence electrons. The summed E-state index contributed by atoms with van der Waals surface area (Å²) in [5.41, 5.74) is 0.986. The predicted molar refractivity (Wildman–Crippen MR) is 60.8 cm³/mol. The Morgan fingerprint density at radius 3 is 3.19 bits per heavy atom. The fraction of sp³-hybridized carbons (Fsp3) is 0.818. The highest BCUT2D eigenvalue weighted by molar-refractivity contribution is 4.97. The molecule has 0 saturated heterocycles. The van der Waals surface area contributed by atoms with Gasteiger partial charge in [0, 0.05) is 31.9 Å². The summed E-state index contributed by atoms with van der Waals surface area (Å²) in [6, 6.07) is 0.688. The van der Waals surface area contributed by atoms with Gasteiger partial charge in [0.1, 0.15) is 0 Å². The van der Waals surface area contributed by atoms with Crippen LogP contribution in [0.5, 0.6) is 0 Å². The van der Waals surface area contributed by atoms with Crippen LogP contribution in [0, 0.1) is 5.92 Å². The van der Waals surface area contributed by atoms with Crippen LogP contribution >= 0.6 is 0 Å². The van der Waals surface area contributed by atoms with E-state index in [4.69, 9.17) is 5.11 Å². The number of nitrogens with zero attached hydrogens (tertiary/aromatic N) is 3. The van der Waals surface area contributed by atoms with Crippen molar-refractivity contribution in [1.82, 2.24) is 20.3 Å². The van der Waals surface area contributed by atoms with E-state index in [1.807, 2.05) is 6.20 Å². The van der Waals surface area contributed by atoms with Crippen molar-refractivity contribution in [1.29, 1.82) is 0 Å². The van der Waals surface area contributed by atoms with Crippen LogP contribution in [0.25, 0.3) is 0 Å². The van der Waals surface area contributed by atoms with Crippen molar-refractivity contribution in [3.05, 3.63) is 11.9 Å². The molecule has 5 nitrogen and oxygen atoms in total. The minimum atomic E-state index is 0.202. The summed E-state index contributed by atoms with van der Waals surface area (Å²) in [5, 5.41) is 20.3. The lowest BCUT2D eigenvalue weighted by Gasteiger charge is -1.99. The van der Waals surface area contributed by atoms with E-state index < -0.39 is 0 Å². The second-order valence-electron chi connectivity index (χ2n) is 4.44. The minimum Gasteiger partial charge on any atom is -0.396 e. The molecule has 0 aliphatic heterocycles. The molecule has 1 aliphatic carbocycles. The molecule has 2 rings (SSSR count). The number of aliphatic hydroxyl groups is 1. The van der Waals surface area contributed by atoms with Gasteiger partial charge >= 0.3 is 0 Å². The molecule has 1 saturated carbocycles. The van der Waals surface area contributed by atoms with Crippen LogP contribution < -0.4 is 5.32 Å². The first-order valence-electron chi connectivity index (χ1n) is 6.06. The standard InChI is InChI=1S/C11H20N4O/c1-2-9-6-11(9)12-7-10-8-15(14-13-10)4-3-5-16/h8-9,11-12,16H,2-7H2,1H3. The third-order valence-corrected chi connectivity index (χ3v) is 3.12. The molecule has 2 N–H and O–H groups in total. The monoisotopic (exact) mass is 224 g/mol. The van der Waals surface area contributed by atoms with Crippen LogP contribution in [-0.2, 0) is 13.1 Å².